The third-order valence-electron chi connectivity index (χ3n) is 2.98. The molecule has 108 valence electrons. The highest BCUT2D eigenvalue weighted by molar-refractivity contribution is 5.76. The van der Waals surface area contributed by atoms with Crippen LogP contribution in [0.15, 0.2) is 0 Å². The van der Waals surface area contributed by atoms with Crippen LogP contribution in [0.1, 0.15) is 31.7 Å². The molecule has 1 heterocycles. The molecule has 1 aromatic heterocycles. The summed E-state index contributed by atoms with van der Waals surface area (Å²) >= 11 is 0. The molecule has 0 aliphatic carbocycles. The standard InChI is InChI=1S/C13H25N5O/c1-10(2)5-6-12-11(9-13(14)19)15-16-18(12)8-7-17(3)4/h10H,5-9H2,1-4H3,(H2,14,19). The summed E-state index contributed by atoms with van der Waals surface area (Å²) in [4.78, 5) is 13.2. The quantitative estimate of drug-likeness (QED) is 0.742. The second-order valence-electron chi connectivity index (χ2n) is 5.58. The van der Waals surface area contributed by atoms with E-state index in [1.54, 1.807) is 0 Å². The Bertz CT molecular complexity index is 411. The van der Waals surface area contributed by atoms with Crippen LogP contribution in [0.25, 0.3) is 0 Å². The topological polar surface area (TPSA) is 77.0 Å². The molecule has 6 nitrogen and oxygen atoms in total. The van der Waals surface area contributed by atoms with Crippen LogP contribution in [0.3, 0.4) is 0 Å². The average molecular weight is 267 g/mol. The second kappa shape index (κ2) is 7.23. The Balaban J connectivity index is 2.82. The number of carbonyl (C=O) groups excluding carboxylic acids is 1. The van der Waals surface area contributed by atoms with Gasteiger partial charge in [-0.15, -0.1) is 5.10 Å². The number of amides is 1. The van der Waals surface area contributed by atoms with Crippen molar-refractivity contribution in [3.63, 3.8) is 0 Å². The summed E-state index contributed by atoms with van der Waals surface area (Å²) in [6.45, 7) is 6.05. The number of hydrogen-bond acceptors (Lipinski definition) is 4. The van der Waals surface area contributed by atoms with Crippen molar-refractivity contribution in [2.24, 2.45) is 11.7 Å². The second-order valence-corrected chi connectivity index (χ2v) is 5.58. The monoisotopic (exact) mass is 267 g/mol. The molecular weight excluding hydrogens is 242 g/mol. The van der Waals surface area contributed by atoms with Crippen molar-refractivity contribution >= 4 is 5.91 Å². The molecule has 1 aromatic rings. The molecule has 0 atom stereocenters. The van der Waals surface area contributed by atoms with Crippen molar-refractivity contribution in [1.82, 2.24) is 19.9 Å². The van der Waals surface area contributed by atoms with E-state index in [4.69, 9.17) is 5.73 Å². The van der Waals surface area contributed by atoms with E-state index in [9.17, 15) is 4.79 Å². The fourth-order valence-corrected chi connectivity index (χ4v) is 1.84. The third kappa shape index (κ3) is 5.38. The largest absolute Gasteiger partial charge is 0.369 e. The maximum absolute atomic E-state index is 11.1. The smallest absolute Gasteiger partial charge is 0.223 e. The average Bonchev–Trinajstić information content (AvgIpc) is 2.65. The van der Waals surface area contributed by atoms with Crippen molar-refractivity contribution in [3.05, 3.63) is 11.4 Å². The van der Waals surface area contributed by atoms with Crippen LogP contribution < -0.4 is 5.73 Å². The lowest BCUT2D eigenvalue weighted by Gasteiger charge is -2.12. The Hall–Kier alpha value is -1.43. The number of likely N-dealkylation sites (N-methyl/N-ethyl adjacent to an activating group) is 1. The van der Waals surface area contributed by atoms with Crippen molar-refractivity contribution < 1.29 is 4.79 Å². The highest BCUT2D eigenvalue weighted by Crippen LogP contribution is 2.13. The summed E-state index contributed by atoms with van der Waals surface area (Å²) in [6, 6.07) is 0. The first-order valence-corrected chi connectivity index (χ1v) is 6.74. The van der Waals surface area contributed by atoms with Crippen molar-refractivity contribution in [2.45, 2.75) is 39.7 Å². The molecule has 1 rings (SSSR count). The summed E-state index contributed by atoms with van der Waals surface area (Å²) in [5.41, 5.74) is 7.04. The van der Waals surface area contributed by atoms with Gasteiger partial charge in [0, 0.05) is 6.54 Å². The van der Waals surface area contributed by atoms with E-state index in [-0.39, 0.29) is 12.3 Å². The van der Waals surface area contributed by atoms with Gasteiger partial charge in [0.2, 0.25) is 5.91 Å². The van der Waals surface area contributed by atoms with Crippen LogP contribution in [-0.4, -0.2) is 46.4 Å². The first-order valence-electron chi connectivity index (χ1n) is 6.74. The van der Waals surface area contributed by atoms with Crippen molar-refractivity contribution in [2.75, 3.05) is 20.6 Å². The Kier molecular flexibility index (Phi) is 5.95. The summed E-state index contributed by atoms with van der Waals surface area (Å²) in [6.07, 6.45) is 2.12. The molecule has 1 amide bonds. The van der Waals surface area contributed by atoms with E-state index >= 15 is 0 Å². The maximum Gasteiger partial charge on any atom is 0.223 e. The molecule has 0 saturated carbocycles. The lowest BCUT2D eigenvalue weighted by atomic mass is 10.0. The minimum Gasteiger partial charge on any atom is -0.369 e. The SMILES string of the molecule is CC(C)CCc1c(CC(N)=O)nnn1CCN(C)C. The first-order chi connectivity index (χ1) is 8.90. The number of carbonyl (C=O) groups is 1. The lowest BCUT2D eigenvalue weighted by molar-refractivity contribution is -0.117. The van der Waals surface area contributed by atoms with Gasteiger partial charge in [-0.1, -0.05) is 19.1 Å². The molecule has 0 aliphatic rings. The van der Waals surface area contributed by atoms with Gasteiger partial charge in [-0.25, -0.2) is 4.68 Å². The molecule has 2 N–H and O–H groups in total. The zero-order chi connectivity index (χ0) is 14.4. The maximum atomic E-state index is 11.1. The number of aromatic nitrogens is 3. The third-order valence-corrected chi connectivity index (χ3v) is 2.98. The van der Waals surface area contributed by atoms with Gasteiger partial charge >= 0.3 is 0 Å². The molecule has 0 spiro atoms. The van der Waals surface area contributed by atoms with Gasteiger partial charge < -0.3 is 10.6 Å². The zero-order valence-electron chi connectivity index (χ0n) is 12.4. The van der Waals surface area contributed by atoms with Crippen LogP contribution in [0.4, 0.5) is 0 Å². The zero-order valence-corrected chi connectivity index (χ0v) is 12.4. The molecule has 0 bridgehead atoms. The van der Waals surface area contributed by atoms with Gasteiger partial charge in [-0.2, -0.15) is 0 Å². The number of nitrogens with two attached hydrogens (primary N) is 1. The Morgan fingerprint density at radius 2 is 2.11 bits per heavy atom. The highest BCUT2D eigenvalue weighted by Gasteiger charge is 2.15. The van der Waals surface area contributed by atoms with Gasteiger partial charge in [-0.3, -0.25) is 4.79 Å². The Morgan fingerprint density at radius 1 is 1.42 bits per heavy atom. The summed E-state index contributed by atoms with van der Waals surface area (Å²) in [5.74, 6) is 0.254. The Morgan fingerprint density at radius 3 is 2.63 bits per heavy atom. The van der Waals surface area contributed by atoms with Crippen LogP contribution in [0.5, 0.6) is 0 Å². The predicted octanol–water partition coefficient (Wildman–Crippen LogP) is 0.456. The van der Waals surface area contributed by atoms with Crippen LogP contribution >= 0.6 is 0 Å². The molecule has 0 aromatic carbocycles. The van der Waals surface area contributed by atoms with E-state index in [0.29, 0.717) is 5.92 Å². The molecule has 0 fully saturated rings. The van der Waals surface area contributed by atoms with Crippen molar-refractivity contribution in [1.29, 1.82) is 0 Å². The molecular formula is C13H25N5O. The van der Waals surface area contributed by atoms with Crippen LogP contribution in [0.2, 0.25) is 0 Å². The fourth-order valence-electron chi connectivity index (χ4n) is 1.84. The van der Waals surface area contributed by atoms with Crippen molar-refractivity contribution in [3.8, 4) is 0 Å². The highest BCUT2D eigenvalue weighted by atomic mass is 16.1. The lowest BCUT2D eigenvalue weighted by Crippen LogP contribution is -2.21. The normalized spacial score (nSPS) is 11.5. The van der Waals surface area contributed by atoms with E-state index in [0.717, 1.165) is 37.3 Å². The molecule has 0 radical (unpaired) electrons. The van der Waals surface area contributed by atoms with E-state index in [1.807, 2.05) is 18.8 Å². The molecule has 0 saturated heterocycles. The fraction of sp³-hybridized carbons (Fsp3) is 0.769. The molecule has 6 heteroatoms. The van der Waals surface area contributed by atoms with Crippen LogP contribution in [0, 0.1) is 5.92 Å². The minimum atomic E-state index is -0.356. The van der Waals surface area contributed by atoms with E-state index < -0.39 is 0 Å². The predicted molar refractivity (Wildman–Crippen MR) is 74.6 cm³/mol. The van der Waals surface area contributed by atoms with Gasteiger partial charge in [0.1, 0.15) is 0 Å². The number of hydrogen-bond donors (Lipinski definition) is 1. The van der Waals surface area contributed by atoms with E-state index in [2.05, 4.69) is 29.1 Å². The van der Waals surface area contributed by atoms with Gasteiger partial charge in [-0.05, 0) is 32.9 Å². The molecule has 19 heavy (non-hydrogen) atoms. The minimum absolute atomic E-state index is 0.176. The summed E-state index contributed by atoms with van der Waals surface area (Å²) in [7, 11) is 4.05. The first kappa shape index (κ1) is 15.6. The summed E-state index contributed by atoms with van der Waals surface area (Å²) in [5, 5.41) is 8.26. The van der Waals surface area contributed by atoms with Gasteiger partial charge in [0.05, 0.1) is 24.4 Å². The van der Waals surface area contributed by atoms with Gasteiger partial charge in [0.25, 0.3) is 0 Å². The van der Waals surface area contributed by atoms with E-state index in [1.165, 1.54) is 0 Å². The number of primary amides is 1. The number of nitrogens with zero attached hydrogens (tertiary/aromatic N) is 4. The summed E-state index contributed by atoms with van der Waals surface area (Å²) < 4.78 is 1.90. The number of rotatable bonds is 8. The van der Waals surface area contributed by atoms with Gasteiger partial charge in [0.15, 0.2) is 0 Å². The molecule has 0 unspecified atom stereocenters. The van der Waals surface area contributed by atoms with Crippen LogP contribution in [-0.2, 0) is 24.2 Å². The Labute approximate surface area is 115 Å². The molecule has 0 aliphatic heterocycles.